The Labute approximate surface area is 133 Å². The van der Waals surface area contributed by atoms with Crippen LogP contribution in [0.1, 0.15) is 10.4 Å². The van der Waals surface area contributed by atoms with E-state index in [9.17, 15) is 15.0 Å². The second kappa shape index (κ2) is 6.23. The number of phenolic OH excluding ortho intramolecular Hbond substituents is 1. The first-order valence-corrected chi connectivity index (χ1v) is 7.03. The number of ether oxygens (including phenoxy) is 1. The SMILES string of the molecule is O=C(O)c1ccc(Oc2ccc(O)cc2)cc1-c1ccccc1. The van der Waals surface area contributed by atoms with Crippen LogP contribution in [0.4, 0.5) is 0 Å². The molecule has 0 aliphatic carbocycles. The topological polar surface area (TPSA) is 66.8 Å². The molecular formula is C19H14O4. The fraction of sp³-hybridized carbons (Fsp3) is 0. The van der Waals surface area contributed by atoms with Gasteiger partial charge >= 0.3 is 5.97 Å². The number of hydrogen-bond donors (Lipinski definition) is 2. The van der Waals surface area contributed by atoms with Gasteiger partial charge in [-0.15, -0.1) is 0 Å². The zero-order valence-electron chi connectivity index (χ0n) is 12.1. The van der Waals surface area contributed by atoms with Crippen molar-refractivity contribution < 1.29 is 19.7 Å². The highest BCUT2D eigenvalue weighted by atomic mass is 16.5. The molecule has 0 unspecified atom stereocenters. The predicted octanol–water partition coefficient (Wildman–Crippen LogP) is 4.55. The summed E-state index contributed by atoms with van der Waals surface area (Å²) in [6.45, 7) is 0. The van der Waals surface area contributed by atoms with Crippen LogP contribution >= 0.6 is 0 Å². The Kier molecular flexibility index (Phi) is 3.97. The highest BCUT2D eigenvalue weighted by Gasteiger charge is 2.13. The second-order valence-electron chi connectivity index (χ2n) is 4.97. The quantitative estimate of drug-likeness (QED) is 0.742. The first kappa shape index (κ1) is 14.7. The van der Waals surface area contributed by atoms with E-state index < -0.39 is 5.97 Å². The van der Waals surface area contributed by atoms with Crippen molar-refractivity contribution in [3.63, 3.8) is 0 Å². The predicted molar refractivity (Wildman–Crippen MR) is 87.0 cm³/mol. The molecule has 0 heterocycles. The van der Waals surface area contributed by atoms with Crippen LogP contribution in [0.2, 0.25) is 0 Å². The number of carboxylic acid groups (broad SMARTS) is 1. The monoisotopic (exact) mass is 306 g/mol. The molecule has 4 heteroatoms. The number of benzene rings is 3. The highest BCUT2D eigenvalue weighted by Crippen LogP contribution is 2.31. The third-order valence-electron chi connectivity index (χ3n) is 3.38. The summed E-state index contributed by atoms with van der Waals surface area (Å²) in [5.41, 5.74) is 1.62. The lowest BCUT2D eigenvalue weighted by molar-refractivity contribution is 0.0697. The molecular weight excluding hydrogens is 292 g/mol. The van der Waals surface area contributed by atoms with E-state index >= 15 is 0 Å². The molecule has 0 atom stereocenters. The Morgan fingerprint density at radius 3 is 2.13 bits per heavy atom. The minimum absolute atomic E-state index is 0.156. The van der Waals surface area contributed by atoms with Crippen LogP contribution in [-0.4, -0.2) is 16.2 Å². The van der Waals surface area contributed by atoms with Crippen LogP contribution in [0.15, 0.2) is 72.8 Å². The number of phenols is 1. The molecule has 4 nitrogen and oxygen atoms in total. The van der Waals surface area contributed by atoms with Crippen molar-refractivity contribution in [3.8, 4) is 28.4 Å². The van der Waals surface area contributed by atoms with Crippen LogP contribution in [-0.2, 0) is 0 Å². The lowest BCUT2D eigenvalue weighted by Gasteiger charge is -2.11. The number of carbonyl (C=O) groups is 1. The van der Waals surface area contributed by atoms with Gasteiger partial charge in [-0.3, -0.25) is 0 Å². The summed E-state index contributed by atoms with van der Waals surface area (Å²) in [4.78, 5) is 11.4. The van der Waals surface area contributed by atoms with Crippen molar-refractivity contribution in [2.24, 2.45) is 0 Å². The molecule has 0 bridgehead atoms. The van der Waals surface area contributed by atoms with Crippen molar-refractivity contribution >= 4 is 5.97 Å². The maximum absolute atomic E-state index is 11.4. The van der Waals surface area contributed by atoms with Crippen LogP contribution < -0.4 is 4.74 Å². The zero-order chi connectivity index (χ0) is 16.2. The van der Waals surface area contributed by atoms with Gasteiger partial charge in [0, 0.05) is 0 Å². The normalized spacial score (nSPS) is 10.3. The van der Waals surface area contributed by atoms with Gasteiger partial charge in [-0.2, -0.15) is 0 Å². The number of rotatable bonds is 4. The Balaban J connectivity index is 2.00. The zero-order valence-corrected chi connectivity index (χ0v) is 12.1. The molecule has 23 heavy (non-hydrogen) atoms. The highest BCUT2D eigenvalue weighted by molar-refractivity contribution is 5.96. The summed E-state index contributed by atoms with van der Waals surface area (Å²) in [7, 11) is 0. The van der Waals surface area contributed by atoms with Crippen molar-refractivity contribution in [1.29, 1.82) is 0 Å². The second-order valence-corrected chi connectivity index (χ2v) is 4.97. The van der Waals surface area contributed by atoms with Gasteiger partial charge in [0.15, 0.2) is 0 Å². The van der Waals surface area contributed by atoms with Gasteiger partial charge in [0.25, 0.3) is 0 Å². The molecule has 0 spiro atoms. The van der Waals surface area contributed by atoms with Gasteiger partial charge in [-0.1, -0.05) is 30.3 Å². The van der Waals surface area contributed by atoms with Gasteiger partial charge in [-0.05, 0) is 53.6 Å². The van der Waals surface area contributed by atoms with Crippen molar-refractivity contribution in [1.82, 2.24) is 0 Å². The number of aromatic hydroxyl groups is 1. The van der Waals surface area contributed by atoms with E-state index in [2.05, 4.69) is 0 Å². The molecule has 0 radical (unpaired) electrons. The molecule has 0 saturated heterocycles. The molecule has 0 fully saturated rings. The van der Waals surface area contributed by atoms with E-state index in [4.69, 9.17) is 4.74 Å². The van der Waals surface area contributed by atoms with Crippen LogP contribution in [0.5, 0.6) is 17.2 Å². The third-order valence-corrected chi connectivity index (χ3v) is 3.38. The van der Waals surface area contributed by atoms with Crippen molar-refractivity contribution in [3.05, 3.63) is 78.4 Å². The lowest BCUT2D eigenvalue weighted by Crippen LogP contribution is -2.00. The molecule has 3 aromatic rings. The lowest BCUT2D eigenvalue weighted by atomic mass is 9.99. The van der Waals surface area contributed by atoms with Crippen molar-refractivity contribution in [2.75, 3.05) is 0 Å². The van der Waals surface area contributed by atoms with E-state index in [1.165, 1.54) is 18.2 Å². The average Bonchev–Trinajstić information content (AvgIpc) is 2.57. The summed E-state index contributed by atoms with van der Waals surface area (Å²) in [5, 5.41) is 18.7. The summed E-state index contributed by atoms with van der Waals surface area (Å²) in [6.07, 6.45) is 0. The molecule has 2 N–H and O–H groups in total. The maximum atomic E-state index is 11.4. The number of aromatic carboxylic acids is 1. The molecule has 114 valence electrons. The Morgan fingerprint density at radius 1 is 0.826 bits per heavy atom. The van der Waals surface area contributed by atoms with E-state index in [0.29, 0.717) is 17.1 Å². The average molecular weight is 306 g/mol. The molecule has 0 aliphatic heterocycles. The standard InChI is InChI=1S/C19H14O4/c20-14-6-8-15(9-7-14)23-16-10-11-17(19(21)22)18(12-16)13-4-2-1-3-5-13/h1-12,20H,(H,21,22). The summed E-state index contributed by atoms with van der Waals surface area (Å²) >= 11 is 0. The fourth-order valence-electron chi connectivity index (χ4n) is 2.28. The molecule has 0 saturated carbocycles. The van der Waals surface area contributed by atoms with Gasteiger partial charge in [0.2, 0.25) is 0 Å². The molecule has 3 rings (SSSR count). The summed E-state index contributed by atoms with van der Waals surface area (Å²) in [6, 6.07) is 20.5. The number of hydrogen-bond acceptors (Lipinski definition) is 3. The molecule has 3 aromatic carbocycles. The fourth-order valence-corrected chi connectivity index (χ4v) is 2.28. The van der Waals surface area contributed by atoms with E-state index in [1.807, 2.05) is 30.3 Å². The van der Waals surface area contributed by atoms with Crippen LogP contribution in [0.3, 0.4) is 0 Å². The van der Waals surface area contributed by atoms with Gasteiger partial charge < -0.3 is 14.9 Å². The maximum Gasteiger partial charge on any atom is 0.336 e. The Morgan fingerprint density at radius 2 is 1.48 bits per heavy atom. The van der Waals surface area contributed by atoms with Gasteiger partial charge in [0.1, 0.15) is 17.2 Å². The first-order chi connectivity index (χ1) is 11.1. The molecule has 0 aliphatic rings. The van der Waals surface area contributed by atoms with Crippen LogP contribution in [0.25, 0.3) is 11.1 Å². The van der Waals surface area contributed by atoms with E-state index in [1.54, 1.807) is 24.3 Å². The van der Waals surface area contributed by atoms with Crippen molar-refractivity contribution in [2.45, 2.75) is 0 Å². The molecule has 0 aromatic heterocycles. The minimum atomic E-state index is -0.986. The van der Waals surface area contributed by atoms with E-state index in [0.717, 1.165) is 5.56 Å². The first-order valence-electron chi connectivity index (χ1n) is 7.03. The minimum Gasteiger partial charge on any atom is -0.508 e. The summed E-state index contributed by atoms with van der Waals surface area (Å²) in [5.74, 6) is 0.257. The number of carboxylic acids is 1. The van der Waals surface area contributed by atoms with E-state index in [-0.39, 0.29) is 11.3 Å². The Bertz CT molecular complexity index is 824. The smallest absolute Gasteiger partial charge is 0.336 e. The Hall–Kier alpha value is -3.27. The van der Waals surface area contributed by atoms with Gasteiger partial charge in [0.05, 0.1) is 5.56 Å². The molecule has 0 amide bonds. The largest absolute Gasteiger partial charge is 0.508 e. The van der Waals surface area contributed by atoms with Gasteiger partial charge in [-0.25, -0.2) is 4.79 Å². The van der Waals surface area contributed by atoms with Crippen LogP contribution in [0, 0.1) is 0 Å². The summed E-state index contributed by atoms with van der Waals surface area (Å²) < 4.78 is 5.73. The third kappa shape index (κ3) is 3.32.